The molecular weight excluding hydrogens is 232 g/mol. The summed E-state index contributed by atoms with van der Waals surface area (Å²) in [5, 5.41) is 0. The number of nitrogens with two attached hydrogens (primary N) is 1. The highest BCUT2D eigenvalue weighted by Gasteiger charge is 2.27. The third-order valence-corrected chi connectivity index (χ3v) is 4.20. The van der Waals surface area contributed by atoms with Crippen LogP contribution in [0.3, 0.4) is 0 Å². The predicted molar refractivity (Wildman–Crippen MR) is 83.7 cm³/mol. The highest BCUT2D eigenvalue weighted by Crippen LogP contribution is 2.32. The summed E-state index contributed by atoms with van der Waals surface area (Å²) < 4.78 is 0. The van der Waals surface area contributed by atoms with Crippen LogP contribution in [0.5, 0.6) is 0 Å². The summed E-state index contributed by atoms with van der Waals surface area (Å²) in [6, 6.07) is 7.81. The van der Waals surface area contributed by atoms with Crippen molar-refractivity contribution in [1.29, 1.82) is 0 Å². The Labute approximate surface area is 118 Å². The van der Waals surface area contributed by atoms with Gasteiger partial charge in [0.1, 0.15) is 0 Å². The number of benzene rings is 1. The van der Waals surface area contributed by atoms with Gasteiger partial charge in [-0.2, -0.15) is 0 Å². The minimum Gasteiger partial charge on any atom is -0.368 e. The summed E-state index contributed by atoms with van der Waals surface area (Å²) in [5.41, 5.74) is 10.1. The van der Waals surface area contributed by atoms with E-state index in [9.17, 15) is 0 Å². The van der Waals surface area contributed by atoms with E-state index in [2.05, 4.69) is 50.8 Å². The normalized spacial score (nSPS) is 21.2. The number of anilines is 1. The van der Waals surface area contributed by atoms with Crippen LogP contribution in [0.1, 0.15) is 44.7 Å². The van der Waals surface area contributed by atoms with Crippen LogP contribution < -0.4 is 10.6 Å². The van der Waals surface area contributed by atoms with Gasteiger partial charge in [0, 0.05) is 24.3 Å². The first-order chi connectivity index (χ1) is 8.99. The lowest BCUT2D eigenvalue weighted by molar-refractivity contribution is 0.491. The Morgan fingerprint density at radius 1 is 1.32 bits per heavy atom. The second kappa shape index (κ2) is 5.96. The van der Waals surface area contributed by atoms with Gasteiger partial charge in [0.25, 0.3) is 0 Å². The summed E-state index contributed by atoms with van der Waals surface area (Å²) in [5.74, 6) is 0.727. The van der Waals surface area contributed by atoms with E-state index in [0.717, 1.165) is 12.3 Å². The minimum absolute atomic E-state index is 0.237. The number of hydrogen-bond acceptors (Lipinski definition) is 2. The van der Waals surface area contributed by atoms with Crippen molar-refractivity contribution in [2.24, 2.45) is 11.7 Å². The lowest BCUT2D eigenvalue weighted by Gasteiger charge is -2.31. The van der Waals surface area contributed by atoms with E-state index in [1.165, 1.54) is 36.2 Å². The summed E-state index contributed by atoms with van der Waals surface area (Å²) in [7, 11) is 0. The fourth-order valence-electron chi connectivity index (χ4n) is 3.32. The summed E-state index contributed by atoms with van der Waals surface area (Å²) >= 11 is 0. The molecule has 0 radical (unpaired) electrons. The van der Waals surface area contributed by atoms with Crippen LogP contribution in [-0.2, 0) is 6.42 Å². The van der Waals surface area contributed by atoms with Crippen molar-refractivity contribution in [2.75, 3.05) is 11.4 Å². The van der Waals surface area contributed by atoms with Gasteiger partial charge in [-0.05, 0) is 56.2 Å². The van der Waals surface area contributed by atoms with Crippen LogP contribution in [0.15, 0.2) is 18.2 Å². The van der Waals surface area contributed by atoms with E-state index < -0.39 is 0 Å². The molecule has 2 rings (SSSR count). The fraction of sp³-hybridized carbons (Fsp3) is 0.647. The van der Waals surface area contributed by atoms with Crippen LogP contribution in [0.25, 0.3) is 0 Å². The quantitative estimate of drug-likeness (QED) is 0.897. The maximum atomic E-state index is 5.89. The molecule has 0 bridgehead atoms. The Bertz CT molecular complexity index is 423. The van der Waals surface area contributed by atoms with Crippen LogP contribution in [-0.4, -0.2) is 18.6 Å². The first-order valence-electron chi connectivity index (χ1n) is 7.60. The van der Waals surface area contributed by atoms with Crippen LogP contribution in [0, 0.1) is 12.8 Å². The predicted octanol–water partition coefficient (Wildman–Crippen LogP) is 3.51. The van der Waals surface area contributed by atoms with E-state index in [1.807, 2.05) is 0 Å². The molecule has 1 saturated heterocycles. The van der Waals surface area contributed by atoms with Crippen molar-refractivity contribution in [3.63, 3.8) is 0 Å². The molecule has 1 aromatic carbocycles. The van der Waals surface area contributed by atoms with E-state index in [0.29, 0.717) is 6.04 Å². The molecule has 19 heavy (non-hydrogen) atoms. The van der Waals surface area contributed by atoms with Crippen molar-refractivity contribution >= 4 is 5.69 Å². The van der Waals surface area contributed by atoms with Crippen molar-refractivity contribution in [3.05, 3.63) is 29.3 Å². The molecule has 2 N–H and O–H groups in total. The monoisotopic (exact) mass is 260 g/mol. The fourth-order valence-corrected chi connectivity index (χ4v) is 3.32. The van der Waals surface area contributed by atoms with Gasteiger partial charge in [0.15, 0.2) is 0 Å². The third kappa shape index (κ3) is 3.30. The van der Waals surface area contributed by atoms with Gasteiger partial charge >= 0.3 is 0 Å². The molecular formula is C17H28N2. The summed E-state index contributed by atoms with van der Waals surface area (Å²) in [4.78, 5) is 2.61. The van der Waals surface area contributed by atoms with Gasteiger partial charge in [-0.15, -0.1) is 0 Å². The van der Waals surface area contributed by atoms with E-state index >= 15 is 0 Å². The molecule has 0 aliphatic carbocycles. The molecule has 1 aromatic rings. The Morgan fingerprint density at radius 2 is 2.05 bits per heavy atom. The Kier molecular flexibility index (Phi) is 4.51. The molecule has 2 atom stereocenters. The molecule has 2 heteroatoms. The highest BCUT2D eigenvalue weighted by molar-refractivity contribution is 5.56. The molecule has 1 aliphatic rings. The SMILES string of the molecule is Cc1cc(CC(C)N)ccc1N1CCCC1C(C)C. The molecule has 0 aromatic heterocycles. The van der Waals surface area contributed by atoms with E-state index in [-0.39, 0.29) is 6.04 Å². The van der Waals surface area contributed by atoms with Crippen LogP contribution >= 0.6 is 0 Å². The summed E-state index contributed by atoms with van der Waals surface area (Å²) in [6.07, 6.45) is 3.62. The Morgan fingerprint density at radius 3 is 2.63 bits per heavy atom. The first-order valence-corrected chi connectivity index (χ1v) is 7.60. The standard InChI is InChI=1S/C17H28N2/c1-12(2)16-6-5-9-19(16)17-8-7-15(10-13(17)3)11-14(4)18/h7-8,10,12,14,16H,5-6,9,11,18H2,1-4H3. The molecule has 1 aliphatic heterocycles. The van der Waals surface area contributed by atoms with Gasteiger partial charge in [-0.25, -0.2) is 0 Å². The number of nitrogens with zero attached hydrogens (tertiary/aromatic N) is 1. The Balaban J connectivity index is 2.21. The molecule has 0 spiro atoms. The maximum Gasteiger partial charge on any atom is 0.0398 e. The lowest BCUT2D eigenvalue weighted by atomic mass is 9.99. The molecule has 2 unspecified atom stereocenters. The average molecular weight is 260 g/mol. The van der Waals surface area contributed by atoms with Gasteiger partial charge in [0.2, 0.25) is 0 Å². The lowest BCUT2D eigenvalue weighted by Crippen LogP contribution is -2.33. The van der Waals surface area contributed by atoms with Crippen molar-refractivity contribution in [2.45, 2.75) is 59.0 Å². The van der Waals surface area contributed by atoms with Gasteiger partial charge in [-0.3, -0.25) is 0 Å². The third-order valence-electron chi connectivity index (χ3n) is 4.20. The van der Waals surface area contributed by atoms with Crippen molar-refractivity contribution in [3.8, 4) is 0 Å². The van der Waals surface area contributed by atoms with Gasteiger partial charge in [-0.1, -0.05) is 26.0 Å². The van der Waals surface area contributed by atoms with Crippen LogP contribution in [0.4, 0.5) is 5.69 Å². The van der Waals surface area contributed by atoms with Gasteiger partial charge < -0.3 is 10.6 Å². The second-order valence-corrected chi connectivity index (χ2v) is 6.45. The van der Waals surface area contributed by atoms with Crippen molar-refractivity contribution < 1.29 is 0 Å². The zero-order valence-corrected chi connectivity index (χ0v) is 12.8. The zero-order chi connectivity index (χ0) is 14.0. The smallest absolute Gasteiger partial charge is 0.0398 e. The van der Waals surface area contributed by atoms with E-state index in [4.69, 9.17) is 5.73 Å². The molecule has 0 saturated carbocycles. The van der Waals surface area contributed by atoms with Crippen LogP contribution in [0.2, 0.25) is 0 Å². The zero-order valence-electron chi connectivity index (χ0n) is 12.8. The van der Waals surface area contributed by atoms with Gasteiger partial charge in [0.05, 0.1) is 0 Å². The topological polar surface area (TPSA) is 29.3 Å². The first kappa shape index (κ1) is 14.4. The molecule has 2 nitrogen and oxygen atoms in total. The minimum atomic E-state index is 0.237. The van der Waals surface area contributed by atoms with E-state index in [1.54, 1.807) is 0 Å². The second-order valence-electron chi connectivity index (χ2n) is 6.45. The average Bonchev–Trinajstić information content (AvgIpc) is 2.77. The number of hydrogen-bond donors (Lipinski definition) is 1. The number of rotatable bonds is 4. The molecule has 1 heterocycles. The number of aryl methyl sites for hydroxylation is 1. The molecule has 106 valence electrons. The summed E-state index contributed by atoms with van der Waals surface area (Å²) in [6.45, 7) is 10.2. The largest absolute Gasteiger partial charge is 0.368 e. The maximum absolute atomic E-state index is 5.89. The van der Waals surface area contributed by atoms with Crippen molar-refractivity contribution in [1.82, 2.24) is 0 Å². The molecule has 0 amide bonds. The Hall–Kier alpha value is -1.02. The molecule has 1 fully saturated rings. The highest BCUT2D eigenvalue weighted by atomic mass is 15.2.